The lowest BCUT2D eigenvalue weighted by Crippen LogP contribution is -2.22. The third-order valence-electron chi connectivity index (χ3n) is 6.42. The van der Waals surface area contributed by atoms with Crippen molar-refractivity contribution in [3.63, 3.8) is 0 Å². The van der Waals surface area contributed by atoms with Gasteiger partial charge in [-0.3, -0.25) is 9.59 Å². The van der Waals surface area contributed by atoms with Gasteiger partial charge < -0.3 is 10.2 Å². The monoisotopic (exact) mass is 426 g/mol. The number of carboxylic acid groups (broad SMARTS) is 2. The average molecular weight is 427 g/mol. The fourth-order valence-electron chi connectivity index (χ4n) is 4.34. The number of carboxylic acids is 2. The summed E-state index contributed by atoms with van der Waals surface area (Å²) in [5, 5.41) is 18.1. The fourth-order valence-corrected chi connectivity index (χ4v) is 4.34. The molecule has 0 saturated carbocycles. The van der Waals surface area contributed by atoms with Gasteiger partial charge in [0.2, 0.25) is 0 Å². The number of rotatable bonds is 23. The van der Waals surface area contributed by atoms with Gasteiger partial charge in [0, 0.05) is 6.42 Å². The van der Waals surface area contributed by atoms with Crippen molar-refractivity contribution >= 4 is 11.9 Å². The van der Waals surface area contributed by atoms with E-state index in [1.54, 1.807) is 0 Å². The summed E-state index contributed by atoms with van der Waals surface area (Å²) in [6.45, 7) is 4.28. The van der Waals surface area contributed by atoms with Gasteiger partial charge in [0.25, 0.3) is 0 Å². The molecule has 2 N–H and O–H groups in total. The first kappa shape index (κ1) is 28.9. The van der Waals surface area contributed by atoms with Gasteiger partial charge in [0.1, 0.15) is 0 Å². The lowest BCUT2D eigenvalue weighted by Gasteiger charge is -2.19. The Kier molecular flexibility index (Phi) is 20.4. The van der Waals surface area contributed by atoms with Crippen LogP contribution in [-0.2, 0) is 9.59 Å². The smallest absolute Gasteiger partial charge is 0.306 e. The molecule has 0 aromatic rings. The van der Waals surface area contributed by atoms with Crippen molar-refractivity contribution in [2.45, 2.75) is 142 Å². The molecule has 4 heteroatoms. The minimum absolute atomic E-state index is 0.0650. The second kappa shape index (κ2) is 21.2. The Hall–Kier alpha value is -1.06. The molecular formula is C26H50O4. The van der Waals surface area contributed by atoms with E-state index in [-0.39, 0.29) is 12.3 Å². The highest BCUT2D eigenvalue weighted by Gasteiger charge is 2.24. The molecule has 0 spiro atoms. The van der Waals surface area contributed by atoms with Crippen LogP contribution in [0.2, 0.25) is 0 Å². The third-order valence-corrected chi connectivity index (χ3v) is 6.42. The van der Waals surface area contributed by atoms with E-state index in [0.29, 0.717) is 12.8 Å². The van der Waals surface area contributed by atoms with Crippen LogP contribution in [0.5, 0.6) is 0 Å². The first-order valence-corrected chi connectivity index (χ1v) is 12.9. The third kappa shape index (κ3) is 18.9. The molecule has 4 nitrogen and oxygen atoms in total. The van der Waals surface area contributed by atoms with Crippen LogP contribution in [0.25, 0.3) is 0 Å². The van der Waals surface area contributed by atoms with Crippen LogP contribution in [0, 0.1) is 11.8 Å². The molecule has 0 aromatic carbocycles. The van der Waals surface area contributed by atoms with Crippen molar-refractivity contribution in [1.82, 2.24) is 0 Å². The van der Waals surface area contributed by atoms with E-state index in [4.69, 9.17) is 5.11 Å². The van der Waals surface area contributed by atoms with Gasteiger partial charge in [-0.1, -0.05) is 117 Å². The van der Waals surface area contributed by atoms with Crippen molar-refractivity contribution in [3.05, 3.63) is 0 Å². The molecule has 0 heterocycles. The molecule has 0 aliphatic rings. The molecule has 0 radical (unpaired) electrons. The first-order chi connectivity index (χ1) is 14.5. The van der Waals surface area contributed by atoms with E-state index in [2.05, 4.69) is 6.92 Å². The molecule has 0 aliphatic heterocycles. The van der Waals surface area contributed by atoms with Gasteiger partial charge in [-0.25, -0.2) is 0 Å². The second-order valence-electron chi connectivity index (χ2n) is 9.30. The predicted molar refractivity (Wildman–Crippen MR) is 126 cm³/mol. The molecule has 0 amide bonds. The van der Waals surface area contributed by atoms with E-state index >= 15 is 0 Å². The molecule has 178 valence electrons. The van der Waals surface area contributed by atoms with Crippen LogP contribution in [0.1, 0.15) is 142 Å². The highest BCUT2D eigenvalue weighted by molar-refractivity contribution is 5.70. The van der Waals surface area contributed by atoms with Crippen molar-refractivity contribution in [3.8, 4) is 0 Å². The summed E-state index contributed by atoms with van der Waals surface area (Å²) < 4.78 is 0. The van der Waals surface area contributed by atoms with Crippen molar-refractivity contribution < 1.29 is 19.8 Å². The van der Waals surface area contributed by atoms with Crippen molar-refractivity contribution in [2.24, 2.45) is 11.8 Å². The molecule has 0 aromatic heterocycles. The van der Waals surface area contributed by atoms with E-state index < -0.39 is 17.9 Å². The second-order valence-corrected chi connectivity index (χ2v) is 9.30. The van der Waals surface area contributed by atoms with E-state index in [0.717, 1.165) is 12.8 Å². The largest absolute Gasteiger partial charge is 0.481 e. The van der Waals surface area contributed by atoms with Crippen LogP contribution in [0.3, 0.4) is 0 Å². The lowest BCUT2D eigenvalue weighted by atomic mass is 9.85. The lowest BCUT2D eigenvalue weighted by molar-refractivity contribution is -0.144. The summed E-state index contributed by atoms with van der Waals surface area (Å²) in [4.78, 5) is 22.1. The Balaban J connectivity index is 3.46. The quantitative estimate of drug-likeness (QED) is 0.161. The van der Waals surface area contributed by atoms with Crippen LogP contribution < -0.4 is 0 Å². The standard InChI is InChI=1S/C26H50O4/c1-3-4-5-6-7-8-9-10-11-12-13-14-15-16-17-18-20-23(2)24(26(29)30)21-19-22-25(27)28/h23-24H,3-22H2,1-2H3,(H,27,28)(H,29,30). The Morgan fingerprint density at radius 2 is 1.00 bits per heavy atom. The molecule has 2 atom stereocenters. The first-order valence-electron chi connectivity index (χ1n) is 12.9. The maximum Gasteiger partial charge on any atom is 0.306 e. The maximum absolute atomic E-state index is 11.4. The number of aliphatic carboxylic acids is 2. The molecule has 0 bridgehead atoms. The zero-order valence-electron chi connectivity index (χ0n) is 20.0. The molecule has 0 fully saturated rings. The van der Waals surface area contributed by atoms with Gasteiger partial charge in [0.05, 0.1) is 5.92 Å². The molecule has 0 aliphatic carbocycles. The SMILES string of the molecule is CCCCCCCCCCCCCCCCCCC(C)C(CCCC(=O)O)C(=O)O. The molecule has 0 saturated heterocycles. The summed E-state index contributed by atoms with van der Waals surface area (Å²) in [6, 6.07) is 0. The van der Waals surface area contributed by atoms with Gasteiger partial charge >= 0.3 is 11.9 Å². The average Bonchev–Trinajstić information content (AvgIpc) is 2.70. The topological polar surface area (TPSA) is 74.6 Å². The highest BCUT2D eigenvalue weighted by Crippen LogP contribution is 2.24. The van der Waals surface area contributed by atoms with Gasteiger partial charge in [-0.15, -0.1) is 0 Å². The number of hydrogen-bond donors (Lipinski definition) is 2. The van der Waals surface area contributed by atoms with Gasteiger partial charge in [0.15, 0.2) is 0 Å². The normalized spacial score (nSPS) is 13.3. The van der Waals surface area contributed by atoms with Crippen LogP contribution in [-0.4, -0.2) is 22.2 Å². The van der Waals surface area contributed by atoms with Gasteiger partial charge in [-0.2, -0.15) is 0 Å². The Labute approximate surface area is 186 Å². The van der Waals surface area contributed by atoms with E-state index in [1.165, 1.54) is 96.3 Å². The number of hydrogen-bond acceptors (Lipinski definition) is 2. The fraction of sp³-hybridized carbons (Fsp3) is 0.923. The summed E-state index contributed by atoms with van der Waals surface area (Å²) >= 11 is 0. The van der Waals surface area contributed by atoms with Crippen LogP contribution in [0.4, 0.5) is 0 Å². The van der Waals surface area contributed by atoms with Crippen molar-refractivity contribution in [1.29, 1.82) is 0 Å². The summed E-state index contributed by atoms with van der Waals surface area (Å²) in [5.41, 5.74) is 0. The van der Waals surface area contributed by atoms with Crippen molar-refractivity contribution in [2.75, 3.05) is 0 Å². The van der Waals surface area contributed by atoms with Crippen LogP contribution >= 0.6 is 0 Å². The summed E-state index contributed by atoms with van der Waals surface area (Å²) in [7, 11) is 0. The highest BCUT2D eigenvalue weighted by atomic mass is 16.4. The molecule has 0 rings (SSSR count). The van der Waals surface area contributed by atoms with Crippen LogP contribution in [0.15, 0.2) is 0 Å². The zero-order chi connectivity index (χ0) is 22.5. The Morgan fingerprint density at radius 3 is 1.37 bits per heavy atom. The summed E-state index contributed by atoms with van der Waals surface area (Å²) in [5.74, 6) is -1.89. The number of unbranched alkanes of at least 4 members (excludes halogenated alkanes) is 15. The number of carbonyl (C=O) groups is 2. The maximum atomic E-state index is 11.4. The Bertz CT molecular complexity index is 408. The minimum atomic E-state index is -0.843. The molecule has 30 heavy (non-hydrogen) atoms. The molecular weight excluding hydrogens is 376 g/mol. The zero-order valence-corrected chi connectivity index (χ0v) is 20.0. The van der Waals surface area contributed by atoms with Gasteiger partial charge in [-0.05, 0) is 25.2 Å². The van der Waals surface area contributed by atoms with E-state index in [9.17, 15) is 14.7 Å². The summed E-state index contributed by atoms with van der Waals surface area (Å²) in [6.07, 6.45) is 23.5. The minimum Gasteiger partial charge on any atom is -0.481 e. The Morgan fingerprint density at radius 1 is 0.600 bits per heavy atom. The molecule has 2 unspecified atom stereocenters. The predicted octanol–water partition coefficient (Wildman–Crippen LogP) is 8.23. The van der Waals surface area contributed by atoms with E-state index in [1.807, 2.05) is 6.92 Å².